The van der Waals surface area contributed by atoms with E-state index in [4.69, 9.17) is 5.73 Å². The molecule has 0 saturated heterocycles. The minimum Gasteiger partial charge on any atom is -0.548 e. The fraction of sp³-hybridized carbons (Fsp3) is 0.500. The monoisotopic (exact) mass is 126 g/mol. The van der Waals surface area contributed by atoms with Crippen LogP contribution in [0.2, 0.25) is 0 Å². The Hall–Kier alpha value is -0.830. The van der Waals surface area contributed by atoms with Gasteiger partial charge in [0.05, 0.1) is 11.5 Å². The number of nitrogens with two attached hydrogens (primary N) is 1. The van der Waals surface area contributed by atoms with E-state index in [1.165, 1.54) is 0 Å². The molecule has 2 N–H and O–H groups in total. The van der Waals surface area contributed by atoms with Gasteiger partial charge in [0.2, 0.25) is 0 Å². The molecule has 0 aromatic carbocycles. The van der Waals surface area contributed by atoms with Crippen LogP contribution >= 0.6 is 0 Å². The average Bonchev–Trinajstić information content (AvgIpc) is 2.44. The smallest absolute Gasteiger partial charge is 0.0627 e. The lowest BCUT2D eigenvalue weighted by Gasteiger charge is -2.09. The molecule has 2 atom stereocenters. The van der Waals surface area contributed by atoms with Gasteiger partial charge in [0.25, 0.3) is 0 Å². The zero-order valence-electron chi connectivity index (χ0n) is 4.96. The minimum atomic E-state index is -1.17. The lowest BCUT2D eigenvalue weighted by Crippen LogP contribution is -2.45. The van der Waals surface area contributed by atoms with E-state index in [9.17, 15) is 9.90 Å². The second-order valence-corrected chi connectivity index (χ2v) is 2.37. The van der Waals surface area contributed by atoms with Crippen molar-refractivity contribution in [3.05, 3.63) is 12.7 Å². The standard InChI is InChI=1S/C6H9NO2/c1-2-4-3-6(4,7)5(8)9/h2,4H,1,3,7H2,(H,8,9)/p-1/t4?,6-/m0/s1. The molecular formula is C6H8NO2-. The normalized spacial score (nSPS) is 39.9. The van der Waals surface area contributed by atoms with E-state index >= 15 is 0 Å². The van der Waals surface area contributed by atoms with Gasteiger partial charge in [-0.1, -0.05) is 6.08 Å². The molecule has 1 rings (SSSR count). The van der Waals surface area contributed by atoms with Crippen molar-refractivity contribution in [3.8, 4) is 0 Å². The number of carbonyl (C=O) groups is 1. The van der Waals surface area contributed by atoms with Gasteiger partial charge < -0.3 is 15.6 Å². The van der Waals surface area contributed by atoms with E-state index in [2.05, 4.69) is 6.58 Å². The minimum absolute atomic E-state index is 0.0810. The van der Waals surface area contributed by atoms with Gasteiger partial charge in [-0.05, 0) is 6.42 Å². The maximum Gasteiger partial charge on any atom is 0.0627 e. The van der Waals surface area contributed by atoms with Gasteiger partial charge in [0.15, 0.2) is 0 Å². The van der Waals surface area contributed by atoms with Crippen molar-refractivity contribution in [2.45, 2.75) is 12.0 Å². The first-order valence-corrected chi connectivity index (χ1v) is 2.74. The third-order valence-corrected chi connectivity index (χ3v) is 1.72. The van der Waals surface area contributed by atoms with E-state index in [0.29, 0.717) is 6.42 Å². The molecule has 50 valence electrons. The highest BCUT2D eigenvalue weighted by atomic mass is 16.4. The Morgan fingerprint density at radius 3 is 2.67 bits per heavy atom. The van der Waals surface area contributed by atoms with Crippen LogP contribution in [0.5, 0.6) is 0 Å². The molecule has 0 radical (unpaired) electrons. The SMILES string of the molecule is C=CC1C[C@@]1(N)C(=O)[O-]. The molecule has 0 bridgehead atoms. The fourth-order valence-corrected chi connectivity index (χ4v) is 0.833. The second kappa shape index (κ2) is 1.57. The molecule has 1 unspecified atom stereocenters. The summed E-state index contributed by atoms with van der Waals surface area (Å²) in [6, 6.07) is 0. The predicted octanol–water partition coefficient (Wildman–Crippen LogP) is -1.36. The molecule has 9 heavy (non-hydrogen) atoms. The average molecular weight is 126 g/mol. The number of carboxylic acids is 1. The molecule has 1 aliphatic rings. The van der Waals surface area contributed by atoms with Crippen LogP contribution in [0.3, 0.4) is 0 Å². The fourth-order valence-electron chi connectivity index (χ4n) is 0.833. The van der Waals surface area contributed by atoms with E-state index in [1.54, 1.807) is 6.08 Å². The Bertz CT molecular complexity index is 166. The van der Waals surface area contributed by atoms with Gasteiger partial charge in [-0.2, -0.15) is 0 Å². The molecule has 0 aliphatic heterocycles. The molecule has 1 saturated carbocycles. The van der Waals surface area contributed by atoms with Crippen LogP contribution in [0.1, 0.15) is 6.42 Å². The third kappa shape index (κ3) is 0.733. The van der Waals surface area contributed by atoms with Crippen molar-refractivity contribution >= 4 is 5.97 Å². The molecule has 3 heteroatoms. The van der Waals surface area contributed by atoms with Gasteiger partial charge in [-0.15, -0.1) is 6.58 Å². The largest absolute Gasteiger partial charge is 0.548 e. The van der Waals surface area contributed by atoms with Crippen LogP contribution in [0.15, 0.2) is 12.7 Å². The molecule has 0 spiro atoms. The number of carboxylic acid groups (broad SMARTS) is 1. The van der Waals surface area contributed by atoms with Crippen LogP contribution < -0.4 is 10.8 Å². The highest BCUT2D eigenvalue weighted by Gasteiger charge is 2.50. The molecule has 0 heterocycles. The topological polar surface area (TPSA) is 66.2 Å². The summed E-state index contributed by atoms with van der Waals surface area (Å²) < 4.78 is 0. The van der Waals surface area contributed by atoms with Gasteiger partial charge in [0.1, 0.15) is 0 Å². The quantitative estimate of drug-likeness (QED) is 0.465. The molecule has 0 amide bonds. The summed E-state index contributed by atoms with van der Waals surface area (Å²) in [6.45, 7) is 3.43. The predicted molar refractivity (Wildman–Crippen MR) is 30.2 cm³/mol. The first-order chi connectivity index (χ1) is 4.11. The van der Waals surface area contributed by atoms with E-state index in [-0.39, 0.29) is 5.92 Å². The maximum atomic E-state index is 10.2. The second-order valence-electron chi connectivity index (χ2n) is 2.37. The molecular weight excluding hydrogens is 118 g/mol. The summed E-state index contributed by atoms with van der Waals surface area (Å²) in [5.41, 5.74) is 4.22. The number of carbonyl (C=O) groups excluding carboxylic acids is 1. The van der Waals surface area contributed by atoms with Gasteiger partial charge in [-0.3, -0.25) is 0 Å². The number of hydrogen-bond donors (Lipinski definition) is 1. The van der Waals surface area contributed by atoms with Crippen LogP contribution in [0.4, 0.5) is 0 Å². The molecule has 0 aromatic heterocycles. The number of rotatable bonds is 2. The van der Waals surface area contributed by atoms with Gasteiger partial charge in [-0.25, -0.2) is 0 Å². The highest BCUT2D eigenvalue weighted by molar-refractivity contribution is 5.81. The third-order valence-electron chi connectivity index (χ3n) is 1.72. The Morgan fingerprint density at radius 2 is 2.56 bits per heavy atom. The first kappa shape index (κ1) is 6.29. The zero-order chi connectivity index (χ0) is 7.07. The van der Waals surface area contributed by atoms with Crippen molar-refractivity contribution in [1.29, 1.82) is 0 Å². The van der Waals surface area contributed by atoms with Crippen LogP contribution in [0, 0.1) is 5.92 Å². The summed E-state index contributed by atoms with van der Waals surface area (Å²) in [6.07, 6.45) is 2.02. The van der Waals surface area contributed by atoms with E-state index in [0.717, 1.165) is 0 Å². The first-order valence-electron chi connectivity index (χ1n) is 2.74. The molecule has 1 fully saturated rings. The summed E-state index contributed by atoms with van der Waals surface area (Å²) in [4.78, 5) is 10.2. The Labute approximate surface area is 53.2 Å². The number of hydrogen-bond acceptors (Lipinski definition) is 3. The van der Waals surface area contributed by atoms with Crippen molar-refractivity contribution in [3.63, 3.8) is 0 Å². The van der Waals surface area contributed by atoms with Crippen LogP contribution in [0.25, 0.3) is 0 Å². The highest BCUT2D eigenvalue weighted by Crippen LogP contribution is 2.40. The zero-order valence-corrected chi connectivity index (χ0v) is 4.96. The van der Waals surface area contributed by atoms with Crippen molar-refractivity contribution in [1.82, 2.24) is 0 Å². The Balaban J connectivity index is 2.62. The summed E-state index contributed by atoms with van der Waals surface area (Å²) in [5.74, 6) is -1.25. The van der Waals surface area contributed by atoms with Crippen molar-refractivity contribution < 1.29 is 9.90 Å². The van der Waals surface area contributed by atoms with Crippen molar-refractivity contribution in [2.75, 3.05) is 0 Å². The van der Waals surface area contributed by atoms with Gasteiger partial charge in [0, 0.05) is 5.92 Å². The van der Waals surface area contributed by atoms with Crippen LogP contribution in [-0.4, -0.2) is 11.5 Å². The number of aliphatic carboxylic acids is 1. The summed E-state index contributed by atoms with van der Waals surface area (Å²) in [7, 11) is 0. The summed E-state index contributed by atoms with van der Waals surface area (Å²) >= 11 is 0. The lowest BCUT2D eigenvalue weighted by molar-refractivity contribution is -0.309. The van der Waals surface area contributed by atoms with Gasteiger partial charge >= 0.3 is 0 Å². The lowest BCUT2D eigenvalue weighted by atomic mass is 10.2. The summed E-state index contributed by atoms with van der Waals surface area (Å²) in [5, 5.41) is 10.2. The molecule has 3 nitrogen and oxygen atoms in total. The Morgan fingerprint density at radius 1 is 2.00 bits per heavy atom. The molecule has 1 aliphatic carbocycles. The maximum absolute atomic E-state index is 10.2. The van der Waals surface area contributed by atoms with Crippen molar-refractivity contribution in [2.24, 2.45) is 11.7 Å². The Kier molecular flexibility index (Phi) is 1.10. The molecule has 0 aromatic rings. The van der Waals surface area contributed by atoms with E-state index < -0.39 is 11.5 Å². The van der Waals surface area contributed by atoms with Crippen LogP contribution in [-0.2, 0) is 4.79 Å². The van der Waals surface area contributed by atoms with E-state index in [1.807, 2.05) is 0 Å².